The molecule has 7 nitrogen and oxygen atoms in total. The number of aryl methyl sites for hydroxylation is 1. The lowest BCUT2D eigenvalue weighted by atomic mass is 10.2. The highest BCUT2D eigenvalue weighted by Gasteiger charge is 2.16. The summed E-state index contributed by atoms with van der Waals surface area (Å²) in [6.45, 7) is 2.28. The number of nitro groups is 1. The van der Waals surface area contributed by atoms with Crippen molar-refractivity contribution in [1.82, 2.24) is 9.97 Å². The molecule has 0 fully saturated rings. The molecule has 2 aromatic heterocycles. The van der Waals surface area contributed by atoms with E-state index in [1.54, 1.807) is 6.20 Å². The molecule has 0 saturated carbocycles. The molecule has 0 saturated heterocycles. The summed E-state index contributed by atoms with van der Waals surface area (Å²) in [7, 11) is 1.46. The molecule has 0 spiro atoms. The van der Waals surface area contributed by atoms with Gasteiger partial charge >= 0.3 is 5.69 Å². The first-order chi connectivity index (χ1) is 9.61. The molecule has 0 bridgehead atoms. The first-order valence-electron chi connectivity index (χ1n) is 5.95. The topological polar surface area (TPSA) is 90.2 Å². The van der Waals surface area contributed by atoms with Crippen molar-refractivity contribution in [2.45, 2.75) is 13.5 Å². The smallest absolute Gasteiger partial charge is 0.311 e. The van der Waals surface area contributed by atoms with Crippen molar-refractivity contribution >= 4 is 11.5 Å². The number of hydrogen-bond donors (Lipinski definition) is 1. The Morgan fingerprint density at radius 3 is 2.85 bits per heavy atom. The maximum Gasteiger partial charge on any atom is 0.311 e. The van der Waals surface area contributed by atoms with Gasteiger partial charge in [0.2, 0.25) is 11.7 Å². The van der Waals surface area contributed by atoms with Crippen molar-refractivity contribution in [3.63, 3.8) is 0 Å². The third-order valence-electron chi connectivity index (χ3n) is 2.80. The summed E-state index contributed by atoms with van der Waals surface area (Å²) < 4.78 is 4.98. The minimum Gasteiger partial charge on any atom is -0.481 e. The van der Waals surface area contributed by atoms with Gasteiger partial charge in [0.05, 0.1) is 24.3 Å². The lowest BCUT2D eigenvalue weighted by Gasteiger charge is -2.08. The minimum absolute atomic E-state index is 0.0978. The standard InChI is InChI=1S/C13H14N4O3/c1-9-4-3-7-14-10(9)8-15-13-11(17(18)19)5-6-12(16-13)20-2/h3-7H,8H2,1-2H3,(H,15,16). The minimum atomic E-state index is -0.486. The molecule has 0 unspecified atom stereocenters. The Morgan fingerprint density at radius 1 is 1.40 bits per heavy atom. The van der Waals surface area contributed by atoms with Gasteiger partial charge in [-0.25, -0.2) is 0 Å². The van der Waals surface area contributed by atoms with E-state index in [4.69, 9.17) is 4.74 Å². The predicted octanol–water partition coefficient (Wildman–Crippen LogP) is 2.31. The van der Waals surface area contributed by atoms with Crippen molar-refractivity contribution < 1.29 is 9.66 Å². The largest absolute Gasteiger partial charge is 0.481 e. The third kappa shape index (κ3) is 3.00. The molecule has 2 heterocycles. The Balaban J connectivity index is 2.24. The van der Waals surface area contributed by atoms with E-state index < -0.39 is 4.92 Å². The third-order valence-corrected chi connectivity index (χ3v) is 2.80. The summed E-state index contributed by atoms with van der Waals surface area (Å²) in [4.78, 5) is 18.8. The van der Waals surface area contributed by atoms with Gasteiger partial charge in [-0.15, -0.1) is 0 Å². The summed E-state index contributed by atoms with van der Waals surface area (Å²) in [5.74, 6) is 0.482. The Kier molecular flexibility index (Phi) is 4.09. The molecule has 7 heteroatoms. The SMILES string of the molecule is COc1ccc([N+](=O)[O-])c(NCc2ncccc2C)n1. The lowest BCUT2D eigenvalue weighted by molar-refractivity contribution is -0.384. The molecule has 0 atom stereocenters. The maximum atomic E-state index is 11.0. The van der Waals surface area contributed by atoms with Gasteiger partial charge in [-0.05, 0) is 18.6 Å². The Morgan fingerprint density at radius 2 is 2.20 bits per heavy atom. The van der Waals surface area contributed by atoms with Crippen LogP contribution in [0.3, 0.4) is 0 Å². The van der Waals surface area contributed by atoms with E-state index in [1.165, 1.54) is 19.2 Å². The first kappa shape index (κ1) is 13.7. The zero-order valence-electron chi connectivity index (χ0n) is 11.2. The van der Waals surface area contributed by atoms with Crippen LogP contribution in [0.1, 0.15) is 11.3 Å². The molecular weight excluding hydrogens is 260 g/mol. The molecule has 0 aliphatic heterocycles. The van der Waals surface area contributed by atoms with Gasteiger partial charge in [0.1, 0.15) is 0 Å². The van der Waals surface area contributed by atoms with Gasteiger partial charge in [0, 0.05) is 18.3 Å². The molecule has 0 aromatic carbocycles. The Hall–Kier alpha value is -2.70. The summed E-state index contributed by atoms with van der Waals surface area (Å²) >= 11 is 0. The fourth-order valence-electron chi connectivity index (χ4n) is 1.70. The summed E-state index contributed by atoms with van der Waals surface area (Å²) in [5, 5.41) is 13.9. The van der Waals surface area contributed by atoms with Gasteiger partial charge in [-0.1, -0.05) is 6.07 Å². The van der Waals surface area contributed by atoms with Crippen LogP contribution >= 0.6 is 0 Å². The average molecular weight is 274 g/mol. The van der Waals surface area contributed by atoms with Crippen LogP contribution in [0.2, 0.25) is 0 Å². The van der Waals surface area contributed by atoms with Crippen molar-refractivity contribution in [1.29, 1.82) is 0 Å². The second-order valence-corrected chi connectivity index (χ2v) is 4.10. The quantitative estimate of drug-likeness (QED) is 0.664. The highest BCUT2D eigenvalue weighted by molar-refractivity contribution is 5.57. The monoisotopic (exact) mass is 274 g/mol. The number of anilines is 1. The van der Waals surface area contributed by atoms with Crippen LogP contribution in [0.25, 0.3) is 0 Å². The number of nitrogens with zero attached hydrogens (tertiary/aromatic N) is 3. The number of ether oxygens (including phenoxy) is 1. The van der Waals surface area contributed by atoms with Gasteiger partial charge < -0.3 is 10.1 Å². The summed E-state index contributed by atoms with van der Waals surface area (Å²) in [6, 6.07) is 6.58. The van der Waals surface area contributed by atoms with Crippen molar-refractivity contribution in [2.75, 3.05) is 12.4 Å². The van der Waals surface area contributed by atoms with Crippen molar-refractivity contribution in [3.8, 4) is 5.88 Å². The average Bonchev–Trinajstić information content (AvgIpc) is 2.46. The number of nitrogens with one attached hydrogen (secondary N) is 1. The second-order valence-electron chi connectivity index (χ2n) is 4.10. The number of methoxy groups -OCH3 is 1. The molecule has 0 radical (unpaired) electrons. The zero-order chi connectivity index (χ0) is 14.5. The van der Waals surface area contributed by atoms with E-state index in [0.29, 0.717) is 12.4 Å². The Labute approximate surface area is 115 Å². The fourth-order valence-corrected chi connectivity index (χ4v) is 1.70. The molecule has 104 valence electrons. The van der Waals surface area contributed by atoms with Crippen LogP contribution in [0, 0.1) is 17.0 Å². The van der Waals surface area contributed by atoms with Gasteiger partial charge in [-0.2, -0.15) is 4.98 Å². The van der Waals surface area contributed by atoms with E-state index >= 15 is 0 Å². The van der Waals surface area contributed by atoms with E-state index in [2.05, 4.69) is 15.3 Å². The van der Waals surface area contributed by atoms with Crippen LogP contribution in [0.5, 0.6) is 5.88 Å². The predicted molar refractivity (Wildman–Crippen MR) is 73.7 cm³/mol. The summed E-state index contributed by atoms with van der Waals surface area (Å²) in [6.07, 6.45) is 1.68. The highest BCUT2D eigenvalue weighted by atomic mass is 16.6. The van der Waals surface area contributed by atoms with Crippen LogP contribution in [-0.4, -0.2) is 22.0 Å². The first-order valence-corrected chi connectivity index (χ1v) is 5.95. The zero-order valence-corrected chi connectivity index (χ0v) is 11.2. The van der Waals surface area contributed by atoms with Crippen LogP contribution in [-0.2, 0) is 6.54 Å². The van der Waals surface area contributed by atoms with E-state index in [0.717, 1.165) is 11.3 Å². The molecular formula is C13H14N4O3. The lowest BCUT2D eigenvalue weighted by Crippen LogP contribution is -2.07. The van der Waals surface area contributed by atoms with E-state index in [9.17, 15) is 10.1 Å². The van der Waals surface area contributed by atoms with E-state index in [-0.39, 0.29) is 11.5 Å². The number of aromatic nitrogens is 2. The number of rotatable bonds is 5. The molecule has 0 aliphatic rings. The normalized spacial score (nSPS) is 10.1. The number of pyridine rings is 2. The van der Waals surface area contributed by atoms with Gasteiger partial charge in [0.25, 0.3) is 0 Å². The van der Waals surface area contributed by atoms with Gasteiger partial charge in [-0.3, -0.25) is 15.1 Å². The molecule has 20 heavy (non-hydrogen) atoms. The summed E-state index contributed by atoms with van der Waals surface area (Å²) in [5.41, 5.74) is 1.72. The molecule has 0 aliphatic carbocycles. The van der Waals surface area contributed by atoms with Gasteiger partial charge in [0.15, 0.2) is 0 Å². The second kappa shape index (κ2) is 5.96. The van der Waals surface area contributed by atoms with Crippen molar-refractivity contribution in [2.24, 2.45) is 0 Å². The van der Waals surface area contributed by atoms with Crippen molar-refractivity contribution in [3.05, 3.63) is 51.8 Å². The number of hydrogen-bond acceptors (Lipinski definition) is 6. The molecule has 1 N–H and O–H groups in total. The molecule has 2 aromatic rings. The van der Waals surface area contributed by atoms with Crippen LogP contribution < -0.4 is 10.1 Å². The molecule has 2 rings (SSSR count). The van der Waals surface area contributed by atoms with E-state index in [1.807, 2.05) is 19.1 Å². The Bertz CT molecular complexity index is 631. The van der Waals surface area contributed by atoms with Crippen LogP contribution in [0.4, 0.5) is 11.5 Å². The fraction of sp³-hybridized carbons (Fsp3) is 0.231. The van der Waals surface area contributed by atoms with Crippen LogP contribution in [0.15, 0.2) is 30.5 Å². The molecule has 0 amide bonds. The highest BCUT2D eigenvalue weighted by Crippen LogP contribution is 2.25. The maximum absolute atomic E-state index is 11.0.